The highest BCUT2D eigenvalue weighted by molar-refractivity contribution is 6.31. The van der Waals surface area contributed by atoms with Crippen molar-refractivity contribution >= 4 is 34.4 Å². The molecule has 8 heteroatoms. The van der Waals surface area contributed by atoms with Crippen molar-refractivity contribution in [3.63, 3.8) is 0 Å². The summed E-state index contributed by atoms with van der Waals surface area (Å²) in [4.78, 5) is 25.2. The van der Waals surface area contributed by atoms with Crippen LogP contribution in [0.4, 0.5) is 8.78 Å². The van der Waals surface area contributed by atoms with Crippen LogP contribution < -0.4 is 0 Å². The summed E-state index contributed by atoms with van der Waals surface area (Å²) < 4.78 is 30.2. The summed E-state index contributed by atoms with van der Waals surface area (Å²) in [6.07, 6.45) is 0.165. The lowest BCUT2D eigenvalue weighted by Gasteiger charge is -2.16. The summed E-state index contributed by atoms with van der Waals surface area (Å²) >= 11 is 5.97. The van der Waals surface area contributed by atoms with Crippen molar-refractivity contribution in [3.05, 3.63) is 63.8 Å². The van der Waals surface area contributed by atoms with Gasteiger partial charge in [0.25, 0.3) is 5.91 Å². The first-order valence-electron chi connectivity index (χ1n) is 9.29. The number of nitrogens with zero attached hydrogens (tertiary/aromatic N) is 1. The van der Waals surface area contributed by atoms with Crippen molar-refractivity contribution < 1.29 is 28.6 Å². The van der Waals surface area contributed by atoms with Crippen LogP contribution in [-0.2, 0) is 4.79 Å². The zero-order valence-corrected chi connectivity index (χ0v) is 17.3. The van der Waals surface area contributed by atoms with Gasteiger partial charge in [0.15, 0.2) is 17.4 Å². The van der Waals surface area contributed by atoms with E-state index in [0.29, 0.717) is 5.02 Å². The van der Waals surface area contributed by atoms with Gasteiger partial charge in [0.05, 0.1) is 11.4 Å². The number of benzene rings is 2. The minimum Gasteiger partial charge on any atom is -0.503 e. The number of hydrogen-bond donors (Lipinski definition) is 2. The molecule has 1 unspecified atom stereocenters. The molecule has 3 rings (SSSR count). The first kappa shape index (κ1) is 21.8. The van der Waals surface area contributed by atoms with Crippen LogP contribution in [0.3, 0.4) is 0 Å². The Kier molecular flexibility index (Phi) is 5.85. The predicted octanol–water partition coefficient (Wildman–Crippen LogP) is 5.49. The van der Waals surface area contributed by atoms with Gasteiger partial charge in [-0.1, -0.05) is 31.5 Å². The number of phenolic OH excluding ortho intramolecular Hbond substituents is 1. The smallest absolute Gasteiger partial charge is 0.311 e. The van der Waals surface area contributed by atoms with Gasteiger partial charge in [-0.15, -0.1) is 0 Å². The van der Waals surface area contributed by atoms with Crippen LogP contribution >= 0.6 is 11.6 Å². The van der Waals surface area contributed by atoms with Crippen molar-refractivity contribution in [2.45, 2.75) is 33.1 Å². The number of phenols is 1. The van der Waals surface area contributed by atoms with Crippen LogP contribution in [-0.4, -0.2) is 26.7 Å². The number of carboxylic acid groups (broad SMARTS) is 1. The summed E-state index contributed by atoms with van der Waals surface area (Å²) in [6, 6.07) is 6.87. The minimum absolute atomic E-state index is 0.0365. The van der Waals surface area contributed by atoms with Crippen molar-refractivity contribution in [1.82, 2.24) is 4.57 Å². The molecule has 1 heterocycles. The number of rotatable bonds is 5. The number of aromatic nitrogens is 1. The van der Waals surface area contributed by atoms with Gasteiger partial charge in [0.2, 0.25) is 0 Å². The highest BCUT2D eigenvalue weighted by Crippen LogP contribution is 2.40. The zero-order valence-electron chi connectivity index (χ0n) is 16.5. The molecule has 2 aromatic carbocycles. The fraction of sp³-hybridized carbons (Fsp3) is 0.273. The van der Waals surface area contributed by atoms with Gasteiger partial charge in [-0.05, 0) is 43.0 Å². The lowest BCUT2D eigenvalue weighted by Crippen LogP contribution is -2.17. The second-order valence-electron chi connectivity index (χ2n) is 7.59. The van der Waals surface area contributed by atoms with E-state index in [2.05, 4.69) is 0 Å². The second kappa shape index (κ2) is 8.07. The van der Waals surface area contributed by atoms with E-state index in [1.54, 1.807) is 12.1 Å². The normalized spacial score (nSPS) is 12.5. The monoisotopic (exact) mass is 435 g/mol. The van der Waals surface area contributed by atoms with Gasteiger partial charge in [-0.2, -0.15) is 0 Å². The highest BCUT2D eigenvalue weighted by Gasteiger charge is 2.33. The van der Waals surface area contributed by atoms with Gasteiger partial charge in [0, 0.05) is 27.7 Å². The van der Waals surface area contributed by atoms with Crippen LogP contribution in [0.1, 0.15) is 47.8 Å². The Balaban J connectivity index is 2.40. The molecule has 0 bridgehead atoms. The quantitative estimate of drug-likeness (QED) is 0.555. The molecular formula is C22H20ClF2NO4. The van der Waals surface area contributed by atoms with Crippen LogP contribution in [0.15, 0.2) is 30.3 Å². The number of carboxylic acids is 1. The van der Waals surface area contributed by atoms with E-state index in [1.165, 1.54) is 19.1 Å². The third-order valence-corrected chi connectivity index (χ3v) is 5.27. The predicted molar refractivity (Wildman–Crippen MR) is 109 cm³/mol. The lowest BCUT2D eigenvalue weighted by molar-refractivity contribution is -0.139. The molecule has 0 aliphatic carbocycles. The van der Waals surface area contributed by atoms with Gasteiger partial charge in [-0.25, -0.2) is 8.78 Å². The number of fused-ring (bicyclic) bond motifs is 1. The van der Waals surface area contributed by atoms with Crippen molar-refractivity contribution in [3.8, 4) is 5.75 Å². The average Bonchev–Trinajstić information content (AvgIpc) is 2.95. The van der Waals surface area contributed by atoms with Crippen LogP contribution in [0.5, 0.6) is 5.75 Å². The summed E-state index contributed by atoms with van der Waals surface area (Å²) in [6.45, 7) is 5.10. The van der Waals surface area contributed by atoms with Crippen molar-refractivity contribution in [2.24, 2.45) is 5.92 Å². The number of aliphatic carboxylic acids is 1. The van der Waals surface area contributed by atoms with Crippen LogP contribution in [0.2, 0.25) is 5.02 Å². The number of aromatic hydroxyl groups is 1. The Labute approximate surface area is 176 Å². The van der Waals surface area contributed by atoms with Crippen molar-refractivity contribution in [1.29, 1.82) is 0 Å². The first-order valence-corrected chi connectivity index (χ1v) is 9.67. The molecule has 0 amide bonds. The molecule has 3 aromatic rings. The topological polar surface area (TPSA) is 79.5 Å². The molecule has 0 saturated heterocycles. The number of carbonyl (C=O) groups excluding carboxylic acids is 1. The molecule has 158 valence electrons. The minimum atomic E-state index is -1.30. The number of halogens is 3. The molecule has 0 aliphatic rings. The summed E-state index contributed by atoms with van der Waals surface area (Å²) in [5.74, 6) is -6.79. The van der Waals surface area contributed by atoms with E-state index in [4.69, 9.17) is 11.6 Å². The van der Waals surface area contributed by atoms with E-state index in [9.17, 15) is 28.6 Å². The molecule has 1 aromatic heterocycles. The zero-order chi connectivity index (χ0) is 22.3. The molecule has 0 radical (unpaired) electrons. The Hall–Kier alpha value is -2.93. The Bertz CT molecular complexity index is 1170. The maximum atomic E-state index is 15.0. The van der Waals surface area contributed by atoms with Gasteiger partial charge in [-0.3, -0.25) is 14.2 Å². The molecule has 0 aliphatic heterocycles. The number of carbonyl (C=O) groups is 2. The Morgan fingerprint density at radius 1 is 1.20 bits per heavy atom. The molecule has 0 fully saturated rings. The summed E-state index contributed by atoms with van der Waals surface area (Å²) in [7, 11) is 0. The molecular weight excluding hydrogens is 416 g/mol. The summed E-state index contributed by atoms with van der Waals surface area (Å²) in [5.41, 5.74) is 0.204. The maximum Gasteiger partial charge on any atom is 0.311 e. The number of hydrogen-bond acceptors (Lipinski definition) is 3. The van der Waals surface area contributed by atoms with Crippen molar-refractivity contribution in [2.75, 3.05) is 0 Å². The third-order valence-electron chi connectivity index (χ3n) is 5.04. The van der Waals surface area contributed by atoms with E-state index >= 15 is 0 Å². The lowest BCUT2D eigenvalue weighted by atomic mass is 9.88. The Morgan fingerprint density at radius 2 is 1.87 bits per heavy atom. The molecule has 30 heavy (non-hydrogen) atoms. The van der Waals surface area contributed by atoms with Gasteiger partial charge in [0.1, 0.15) is 0 Å². The average molecular weight is 436 g/mol. The summed E-state index contributed by atoms with van der Waals surface area (Å²) in [5, 5.41) is 19.6. The second-order valence-corrected chi connectivity index (χ2v) is 8.02. The third kappa shape index (κ3) is 3.65. The Morgan fingerprint density at radius 3 is 2.43 bits per heavy atom. The maximum absolute atomic E-state index is 15.0. The van der Waals surface area contributed by atoms with E-state index in [0.717, 1.165) is 10.6 Å². The molecule has 1 atom stereocenters. The molecule has 2 N–H and O–H groups in total. The molecule has 0 saturated carbocycles. The largest absolute Gasteiger partial charge is 0.503 e. The fourth-order valence-corrected chi connectivity index (χ4v) is 3.95. The first-order chi connectivity index (χ1) is 14.0. The molecule has 0 spiro atoms. The van der Waals surface area contributed by atoms with Gasteiger partial charge >= 0.3 is 5.97 Å². The van der Waals surface area contributed by atoms with E-state index in [-0.39, 0.29) is 40.1 Å². The van der Waals surface area contributed by atoms with Crippen LogP contribution in [0, 0.1) is 24.5 Å². The van der Waals surface area contributed by atoms with E-state index in [1.807, 2.05) is 13.8 Å². The standard InChI is InChI=1S/C22H20ClF2NO4/c1-10(2)7-14(22(29)30)17-11(3)26(21(28)12-5-4-6-13(23)8-12)16-9-15(24)20(27)19(25)18(16)17/h4-6,8-10,14,27H,7H2,1-3H3,(H,29,30). The SMILES string of the molecule is Cc1c(C(CC(C)C)C(=O)O)c2c(F)c(O)c(F)cc2n1C(=O)c1cccc(Cl)c1. The van der Waals surface area contributed by atoms with E-state index < -0.39 is 35.2 Å². The van der Waals surface area contributed by atoms with Crippen LogP contribution in [0.25, 0.3) is 10.9 Å². The molecule has 5 nitrogen and oxygen atoms in total. The highest BCUT2D eigenvalue weighted by atomic mass is 35.5. The fourth-order valence-electron chi connectivity index (χ4n) is 3.76. The van der Waals surface area contributed by atoms with Gasteiger partial charge < -0.3 is 10.2 Å².